The number of halogens is 2. The second kappa shape index (κ2) is 7.29. The number of nitrogens with zero attached hydrogens (tertiary/aromatic N) is 2. The van der Waals surface area contributed by atoms with Crippen LogP contribution >= 0.6 is 11.3 Å². The van der Waals surface area contributed by atoms with E-state index in [4.69, 9.17) is 0 Å². The molecule has 1 aliphatic heterocycles. The second-order valence-corrected chi connectivity index (χ2v) is 6.64. The van der Waals surface area contributed by atoms with E-state index in [1.165, 1.54) is 23.5 Å². The number of hydrogen-bond donors (Lipinski definition) is 0. The van der Waals surface area contributed by atoms with Crippen molar-refractivity contribution in [1.29, 1.82) is 0 Å². The maximum Gasteiger partial charge on any atom is 0.186 e. The number of Topliss-reactive ketones (excluding diaryl/α,β-unsaturated/α-hetero) is 1. The molecule has 0 atom stereocenters. The molecule has 0 spiro atoms. The third-order valence-corrected chi connectivity index (χ3v) is 4.94. The fourth-order valence-corrected chi connectivity index (χ4v) is 3.39. The van der Waals surface area contributed by atoms with Crippen LogP contribution in [0.2, 0.25) is 0 Å². The van der Waals surface area contributed by atoms with Gasteiger partial charge in [0.15, 0.2) is 5.78 Å². The van der Waals surface area contributed by atoms with Crippen LogP contribution in [0.15, 0.2) is 35.7 Å². The van der Waals surface area contributed by atoms with Gasteiger partial charge in [0.05, 0.1) is 11.4 Å². The van der Waals surface area contributed by atoms with E-state index in [-0.39, 0.29) is 11.6 Å². The molecule has 3 nitrogen and oxygen atoms in total. The minimum absolute atomic E-state index is 0.143. The fraction of sp³-hybridized carbons (Fsp3) is 0.353. The molecule has 1 aliphatic rings. The number of hydrogen-bond acceptors (Lipinski definition) is 4. The zero-order valence-electron chi connectivity index (χ0n) is 12.7. The van der Waals surface area contributed by atoms with Crippen molar-refractivity contribution >= 4 is 17.1 Å². The van der Waals surface area contributed by atoms with E-state index in [1.807, 2.05) is 17.5 Å². The molecule has 2 heterocycles. The van der Waals surface area contributed by atoms with Gasteiger partial charge in [-0.3, -0.25) is 14.6 Å². The van der Waals surface area contributed by atoms with Crippen LogP contribution in [0.25, 0.3) is 0 Å². The van der Waals surface area contributed by atoms with E-state index < -0.39 is 5.82 Å². The molecule has 23 heavy (non-hydrogen) atoms. The first-order valence-electron chi connectivity index (χ1n) is 7.57. The SMILES string of the molecule is O=C(CN1CCN(Cc2cc(F)ccc2F)CC1)c1cccs1. The smallest absolute Gasteiger partial charge is 0.186 e. The largest absolute Gasteiger partial charge is 0.296 e. The van der Waals surface area contributed by atoms with Crippen molar-refractivity contribution in [2.75, 3.05) is 32.7 Å². The first kappa shape index (κ1) is 16.2. The number of ketones is 1. The van der Waals surface area contributed by atoms with Crippen molar-refractivity contribution in [2.24, 2.45) is 0 Å². The molecule has 0 radical (unpaired) electrons. The Morgan fingerprint density at radius 3 is 2.52 bits per heavy atom. The van der Waals surface area contributed by atoms with Gasteiger partial charge >= 0.3 is 0 Å². The van der Waals surface area contributed by atoms with Gasteiger partial charge in [0.2, 0.25) is 0 Å². The molecule has 0 bridgehead atoms. The molecular weight excluding hydrogens is 318 g/mol. The highest BCUT2D eigenvalue weighted by Gasteiger charge is 2.20. The van der Waals surface area contributed by atoms with Crippen LogP contribution < -0.4 is 0 Å². The van der Waals surface area contributed by atoms with E-state index in [2.05, 4.69) is 9.80 Å². The lowest BCUT2D eigenvalue weighted by Crippen LogP contribution is -2.47. The summed E-state index contributed by atoms with van der Waals surface area (Å²) in [5.74, 6) is -0.645. The minimum Gasteiger partial charge on any atom is -0.296 e. The van der Waals surface area contributed by atoms with Crippen molar-refractivity contribution < 1.29 is 13.6 Å². The van der Waals surface area contributed by atoms with Gasteiger partial charge in [-0.2, -0.15) is 0 Å². The third kappa shape index (κ3) is 4.22. The Hall–Kier alpha value is -1.63. The van der Waals surface area contributed by atoms with Gasteiger partial charge in [-0.1, -0.05) is 6.07 Å². The minimum atomic E-state index is -0.415. The number of piperazine rings is 1. The molecule has 0 amide bonds. The predicted octanol–water partition coefficient (Wildman–Crippen LogP) is 3.03. The van der Waals surface area contributed by atoms with Crippen LogP contribution in [0.4, 0.5) is 8.78 Å². The van der Waals surface area contributed by atoms with Crippen molar-refractivity contribution in [1.82, 2.24) is 9.80 Å². The number of rotatable bonds is 5. The summed E-state index contributed by atoms with van der Waals surface area (Å²) in [5, 5.41) is 1.90. The molecule has 0 N–H and O–H groups in total. The monoisotopic (exact) mass is 336 g/mol. The Bertz CT molecular complexity index is 667. The molecular formula is C17H18F2N2OS. The maximum absolute atomic E-state index is 13.7. The molecule has 122 valence electrons. The van der Waals surface area contributed by atoms with E-state index in [1.54, 1.807) is 0 Å². The van der Waals surface area contributed by atoms with Crippen molar-refractivity contribution in [3.8, 4) is 0 Å². The predicted molar refractivity (Wildman–Crippen MR) is 86.7 cm³/mol. The molecule has 0 aliphatic carbocycles. The molecule has 0 saturated carbocycles. The standard InChI is InChI=1S/C17H18F2N2OS/c18-14-3-4-15(19)13(10-14)11-20-5-7-21(8-6-20)12-16(22)17-2-1-9-23-17/h1-4,9-10H,5-8,11-12H2. The van der Waals surface area contributed by atoms with Gasteiger partial charge < -0.3 is 0 Å². The average molecular weight is 336 g/mol. The summed E-state index contributed by atoms with van der Waals surface area (Å²) in [4.78, 5) is 17.1. The molecule has 2 aromatic rings. The van der Waals surface area contributed by atoms with Crippen molar-refractivity contribution in [3.63, 3.8) is 0 Å². The normalized spacial score (nSPS) is 16.6. The summed E-state index contributed by atoms with van der Waals surface area (Å²) in [6.07, 6.45) is 0. The second-order valence-electron chi connectivity index (χ2n) is 5.69. The summed E-state index contributed by atoms with van der Waals surface area (Å²) in [6.45, 7) is 3.82. The lowest BCUT2D eigenvalue weighted by Gasteiger charge is -2.34. The number of benzene rings is 1. The molecule has 3 rings (SSSR count). The van der Waals surface area contributed by atoms with Crippen LogP contribution in [0.1, 0.15) is 15.2 Å². The Balaban J connectivity index is 1.50. The fourth-order valence-electron chi connectivity index (χ4n) is 2.73. The summed E-state index contributed by atoms with van der Waals surface area (Å²) in [5.41, 5.74) is 0.383. The van der Waals surface area contributed by atoms with Gasteiger partial charge in [0.1, 0.15) is 11.6 Å². The Morgan fingerprint density at radius 2 is 1.83 bits per heavy atom. The Kier molecular flexibility index (Phi) is 5.15. The van der Waals surface area contributed by atoms with Gasteiger partial charge in [-0.25, -0.2) is 8.78 Å². The summed E-state index contributed by atoms with van der Waals surface area (Å²) in [6, 6.07) is 7.27. The van der Waals surface area contributed by atoms with Crippen LogP contribution in [-0.2, 0) is 6.54 Å². The molecule has 1 aromatic heterocycles. The van der Waals surface area contributed by atoms with Crippen LogP contribution in [0, 0.1) is 11.6 Å². The van der Waals surface area contributed by atoms with E-state index in [0.717, 1.165) is 37.1 Å². The third-order valence-electron chi connectivity index (χ3n) is 4.03. The van der Waals surface area contributed by atoms with Gasteiger partial charge in [-0.15, -0.1) is 11.3 Å². The number of carbonyl (C=O) groups excluding carboxylic acids is 1. The van der Waals surface area contributed by atoms with E-state index in [0.29, 0.717) is 18.7 Å². The molecule has 6 heteroatoms. The van der Waals surface area contributed by atoms with E-state index in [9.17, 15) is 13.6 Å². The van der Waals surface area contributed by atoms with Crippen molar-refractivity contribution in [2.45, 2.75) is 6.54 Å². The number of thiophene rings is 1. The number of carbonyl (C=O) groups is 1. The van der Waals surface area contributed by atoms with Gasteiger partial charge in [0, 0.05) is 38.3 Å². The molecule has 1 saturated heterocycles. The summed E-state index contributed by atoms with van der Waals surface area (Å²) in [7, 11) is 0. The highest BCUT2D eigenvalue weighted by atomic mass is 32.1. The molecule has 1 fully saturated rings. The van der Waals surface area contributed by atoms with Gasteiger partial charge in [0.25, 0.3) is 0 Å². The topological polar surface area (TPSA) is 23.6 Å². The first-order valence-corrected chi connectivity index (χ1v) is 8.45. The van der Waals surface area contributed by atoms with E-state index >= 15 is 0 Å². The lowest BCUT2D eigenvalue weighted by molar-refractivity contribution is 0.0846. The summed E-state index contributed by atoms with van der Waals surface area (Å²) < 4.78 is 26.9. The molecule has 0 unspecified atom stereocenters. The zero-order valence-corrected chi connectivity index (χ0v) is 13.5. The lowest BCUT2D eigenvalue weighted by atomic mass is 10.1. The van der Waals surface area contributed by atoms with Gasteiger partial charge in [-0.05, 0) is 29.6 Å². The van der Waals surface area contributed by atoms with Crippen LogP contribution in [-0.4, -0.2) is 48.3 Å². The highest BCUT2D eigenvalue weighted by Crippen LogP contribution is 2.15. The zero-order chi connectivity index (χ0) is 16.2. The highest BCUT2D eigenvalue weighted by molar-refractivity contribution is 7.12. The van der Waals surface area contributed by atoms with Crippen LogP contribution in [0.3, 0.4) is 0 Å². The Morgan fingerprint density at radius 1 is 1.09 bits per heavy atom. The maximum atomic E-state index is 13.7. The first-order chi connectivity index (χ1) is 11.1. The average Bonchev–Trinajstić information content (AvgIpc) is 3.07. The quantitative estimate of drug-likeness (QED) is 0.784. The van der Waals surface area contributed by atoms with Crippen LogP contribution in [0.5, 0.6) is 0 Å². The molecule has 1 aromatic carbocycles. The Labute approximate surface area is 138 Å². The summed E-state index contributed by atoms with van der Waals surface area (Å²) >= 11 is 1.46. The van der Waals surface area contributed by atoms with Crippen molar-refractivity contribution in [3.05, 3.63) is 57.8 Å².